The summed E-state index contributed by atoms with van der Waals surface area (Å²) in [6.07, 6.45) is 0. The average molecular weight is 161 g/mol. The summed E-state index contributed by atoms with van der Waals surface area (Å²) in [6, 6.07) is 0. The van der Waals surface area contributed by atoms with Gasteiger partial charge in [-0.25, -0.2) is 10.2 Å². The van der Waals surface area contributed by atoms with E-state index in [1.54, 1.807) is 11.9 Å². The third-order valence-electron chi connectivity index (χ3n) is 1.15. The summed E-state index contributed by atoms with van der Waals surface area (Å²) in [7, 11) is 1.68. The molecule has 0 bridgehead atoms. The van der Waals surface area contributed by atoms with Gasteiger partial charge in [0.2, 0.25) is 0 Å². The molecule has 1 aliphatic heterocycles. The van der Waals surface area contributed by atoms with E-state index in [2.05, 4.69) is 10.4 Å². The van der Waals surface area contributed by atoms with Crippen molar-refractivity contribution >= 4 is 5.96 Å². The number of nitrogens with one attached hydrogen (secondary N) is 1. The van der Waals surface area contributed by atoms with E-state index in [0.29, 0.717) is 6.73 Å². The lowest BCUT2D eigenvalue weighted by Gasteiger charge is -2.20. The number of hydrazine groups is 1. The Labute approximate surface area is 62.8 Å². The van der Waals surface area contributed by atoms with Crippen LogP contribution in [0.2, 0.25) is 0 Å². The molecule has 11 heavy (non-hydrogen) atoms. The Morgan fingerprint density at radius 1 is 1.91 bits per heavy atom. The first-order valence-corrected chi connectivity index (χ1v) is 2.96. The maximum Gasteiger partial charge on any atom is 0.362 e. The Morgan fingerprint density at radius 3 is 3.18 bits per heavy atom. The molecule has 0 unspecified atom stereocenters. The number of aliphatic imine (C=N–C) groups is 1. The number of guanidine groups is 1. The quantitative estimate of drug-likeness (QED) is 0.477. The molecule has 0 amide bonds. The largest absolute Gasteiger partial charge is 0.362 e. The van der Waals surface area contributed by atoms with Crippen LogP contribution in [0.1, 0.15) is 0 Å². The molecule has 62 valence electrons. The average Bonchev–Trinajstić information content (AvgIpc) is 1.93. The van der Waals surface area contributed by atoms with E-state index < -0.39 is 5.03 Å². The molecular formula is C4H9N4O3+. The summed E-state index contributed by atoms with van der Waals surface area (Å²) in [5, 5.41) is 7.84. The van der Waals surface area contributed by atoms with Gasteiger partial charge in [0.25, 0.3) is 5.96 Å². The van der Waals surface area contributed by atoms with E-state index in [0.717, 1.165) is 0 Å². The van der Waals surface area contributed by atoms with Gasteiger partial charge in [-0.1, -0.05) is 0 Å². The summed E-state index contributed by atoms with van der Waals surface area (Å²) >= 11 is 0. The van der Waals surface area contributed by atoms with Crippen molar-refractivity contribution in [2.75, 3.05) is 20.5 Å². The van der Waals surface area contributed by atoms with Crippen molar-refractivity contribution < 1.29 is 15.0 Å². The monoisotopic (exact) mass is 161 g/mol. The topological polar surface area (TPSA) is 77.2 Å². The molecular weight excluding hydrogens is 152 g/mol. The molecule has 0 aromatic heterocycles. The standard InChI is InChI=1S/C4H9N4O3/c1-7-3-11-2-5-4(7)6-8(9)10/h2-3H2,1H3,(H,5,6)(H,9,10)/q+1. The minimum Gasteiger partial charge on any atom is -0.339 e. The first kappa shape index (κ1) is 7.73. The molecule has 1 aliphatic rings. The Balaban J connectivity index is 2.53. The van der Waals surface area contributed by atoms with Crippen LogP contribution in [0.5, 0.6) is 0 Å². The van der Waals surface area contributed by atoms with Crippen LogP contribution in [0.4, 0.5) is 0 Å². The van der Waals surface area contributed by atoms with Crippen molar-refractivity contribution in [3.63, 3.8) is 0 Å². The molecule has 7 heteroatoms. The summed E-state index contributed by atoms with van der Waals surface area (Å²) in [5.74, 6) is 0.286. The minimum absolute atomic E-state index is 0.195. The third kappa shape index (κ3) is 2.04. The normalized spacial score (nSPS) is 17.5. The van der Waals surface area contributed by atoms with Gasteiger partial charge >= 0.3 is 5.03 Å². The molecule has 1 rings (SSSR count). The molecule has 1 heterocycles. The lowest BCUT2D eigenvalue weighted by atomic mass is 10.7. The molecule has 0 atom stereocenters. The molecule has 0 aliphatic carbocycles. The highest BCUT2D eigenvalue weighted by Crippen LogP contribution is 1.93. The Kier molecular flexibility index (Phi) is 2.21. The maximum absolute atomic E-state index is 10.1. The Morgan fingerprint density at radius 2 is 2.64 bits per heavy atom. The molecule has 0 aromatic carbocycles. The SMILES string of the molecule is CN1COCN=C1N[N+](=O)O. The molecule has 0 aromatic rings. The molecule has 0 spiro atoms. The van der Waals surface area contributed by atoms with Crippen molar-refractivity contribution in [3.05, 3.63) is 4.91 Å². The molecule has 0 radical (unpaired) electrons. The molecule has 2 N–H and O–H groups in total. The van der Waals surface area contributed by atoms with Crippen molar-refractivity contribution in [2.45, 2.75) is 0 Å². The fraction of sp³-hybridized carbons (Fsp3) is 0.750. The van der Waals surface area contributed by atoms with Gasteiger partial charge in [-0.3, -0.25) is 0 Å². The fourth-order valence-corrected chi connectivity index (χ4v) is 0.673. The third-order valence-corrected chi connectivity index (χ3v) is 1.15. The number of hydrogen-bond donors (Lipinski definition) is 2. The number of hydrogen-bond acceptors (Lipinski definition) is 4. The van der Waals surface area contributed by atoms with Gasteiger partial charge in [-0.2, -0.15) is 0 Å². The minimum atomic E-state index is -0.402. The molecule has 0 saturated heterocycles. The lowest BCUT2D eigenvalue weighted by Crippen LogP contribution is -2.45. The van der Waals surface area contributed by atoms with Crippen molar-refractivity contribution in [1.82, 2.24) is 10.3 Å². The highest BCUT2D eigenvalue weighted by atomic mass is 16.7. The Bertz CT molecular complexity index is 192. The second-order valence-electron chi connectivity index (χ2n) is 2.03. The predicted molar refractivity (Wildman–Crippen MR) is 34.6 cm³/mol. The number of nitrogens with zero attached hydrogens (tertiary/aromatic N) is 3. The van der Waals surface area contributed by atoms with Gasteiger partial charge in [-0.15, -0.1) is 0 Å². The summed E-state index contributed by atoms with van der Waals surface area (Å²) in [4.78, 5) is 15.4. The fourth-order valence-electron chi connectivity index (χ4n) is 0.673. The highest BCUT2D eigenvalue weighted by molar-refractivity contribution is 5.78. The van der Waals surface area contributed by atoms with Gasteiger partial charge in [-0.05, 0) is 5.43 Å². The summed E-state index contributed by atoms with van der Waals surface area (Å²) in [5.41, 5.74) is 2.06. The van der Waals surface area contributed by atoms with Crippen LogP contribution < -0.4 is 5.43 Å². The van der Waals surface area contributed by atoms with Crippen LogP contribution >= 0.6 is 0 Å². The Hall–Kier alpha value is -1.37. The first-order chi connectivity index (χ1) is 5.20. The molecule has 0 saturated carbocycles. The first-order valence-electron chi connectivity index (χ1n) is 2.96. The van der Waals surface area contributed by atoms with Crippen LogP contribution in [-0.2, 0) is 4.74 Å². The highest BCUT2D eigenvalue weighted by Gasteiger charge is 2.17. The predicted octanol–water partition coefficient (Wildman–Crippen LogP) is -1.11. The summed E-state index contributed by atoms with van der Waals surface area (Å²) in [6.45, 7) is 0.542. The summed E-state index contributed by atoms with van der Waals surface area (Å²) < 4.78 is 4.89. The van der Waals surface area contributed by atoms with Crippen molar-refractivity contribution in [3.8, 4) is 0 Å². The van der Waals surface area contributed by atoms with E-state index in [9.17, 15) is 4.91 Å². The zero-order valence-electron chi connectivity index (χ0n) is 6.02. The van der Waals surface area contributed by atoms with Crippen LogP contribution in [0, 0.1) is 4.91 Å². The lowest BCUT2D eigenvalue weighted by molar-refractivity contribution is -0.823. The van der Waals surface area contributed by atoms with E-state index in [1.165, 1.54) is 0 Å². The van der Waals surface area contributed by atoms with Gasteiger partial charge in [0.15, 0.2) is 0 Å². The van der Waals surface area contributed by atoms with E-state index in [-0.39, 0.29) is 12.7 Å². The second-order valence-corrected chi connectivity index (χ2v) is 2.03. The van der Waals surface area contributed by atoms with Crippen LogP contribution in [-0.4, -0.2) is 41.6 Å². The van der Waals surface area contributed by atoms with E-state index >= 15 is 0 Å². The van der Waals surface area contributed by atoms with Gasteiger partial charge in [0.1, 0.15) is 18.4 Å². The van der Waals surface area contributed by atoms with Gasteiger partial charge in [0, 0.05) is 7.05 Å². The smallest absolute Gasteiger partial charge is 0.339 e. The van der Waals surface area contributed by atoms with E-state index in [4.69, 9.17) is 9.94 Å². The van der Waals surface area contributed by atoms with Gasteiger partial charge < -0.3 is 9.64 Å². The van der Waals surface area contributed by atoms with Crippen LogP contribution in [0.25, 0.3) is 0 Å². The van der Waals surface area contributed by atoms with E-state index in [1.807, 2.05) is 0 Å². The second kappa shape index (κ2) is 3.15. The number of rotatable bonds is 1. The molecule has 0 fully saturated rings. The van der Waals surface area contributed by atoms with Crippen LogP contribution in [0.3, 0.4) is 0 Å². The van der Waals surface area contributed by atoms with Gasteiger partial charge in [0.05, 0.1) is 0 Å². The zero-order valence-corrected chi connectivity index (χ0v) is 6.02. The number of ether oxygens (including phenoxy) is 1. The maximum atomic E-state index is 10.1. The zero-order chi connectivity index (χ0) is 8.27. The van der Waals surface area contributed by atoms with Crippen molar-refractivity contribution in [2.24, 2.45) is 4.99 Å². The van der Waals surface area contributed by atoms with Crippen molar-refractivity contribution in [1.29, 1.82) is 0 Å². The molecule has 7 nitrogen and oxygen atoms in total. The van der Waals surface area contributed by atoms with Crippen LogP contribution in [0.15, 0.2) is 4.99 Å².